The van der Waals surface area contributed by atoms with Crippen LogP contribution in [0.1, 0.15) is 106 Å². The van der Waals surface area contributed by atoms with E-state index < -0.39 is 151 Å². The predicted octanol–water partition coefficient (Wildman–Crippen LogP) is 0.490. The molecule has 8 rings (SSSR count). The third kappa shape index (κ3) is 8.38. The van der Waals surface area contributed by atoms with Crippen LogP contribution in [0.3, 0.4) is 0 Å². The maximum atomic E-state index is 12.7. The van der Waals surface area contributed by atoms with Gasteiger partial charge in [0.05, 0.1) is 61.0 Å². The van der Waals surface area contributed by atoms with Gasteiger partial charge in [-0.2, -0.15) is 0 Å². The van der Waals surface area contributed by atoms with Gasteiger partial charge in [0.1, 0.15) is 53.6 Å². The van der Waals surface area contributed by atoms with Gasteiger partial charge in [-0.05, 0) is 78.6 Å². The smallest absolute Gasteiger partial charge is 0.187 e. The van der Waals surface area contributed by atoms with Gasteiger partial charge in [0.15, 0.2) is 25.2 Å². The van der Waals surface area contributed by atoms with E-state index in [2.05, 4.69) is 0 Å². The predicted molar refractivity (Wildman–Crippen MR) is 228 cm³/mol. The number of ketones is 1. The molecule has 0 radical (unpaired) electrons. The zero-order valence-corrected chi connectivity index (χ0v) is 39.7. The first-order valence-electron chi connectivity index (χ1n) is 24.0. The molecule has 19 heteroatoms. The van der Waals surface area contributed by atoms with E-state index in [1.165, 1.54) is 14.0 Å². The molecular formula is C47H76O19. The Morgan fingerprint density at radius 3 is 1.83 bits per heavy atom. The van der Waals surface area contributed by atoms with Crippen LogP contribution in [0.5, 0.6) is 0 Å². The molecule has 19 nitrogen and oxygen atoms in total. The second-order valence-corrected chi connectivity index (χ2v) is 21.2. The Bertz CT molecular complexity index is 1730. The number of carbonyl (C=O) groups excluding carboxylic acids is 1. The Morgan fingerprint density at radius 1 is 0.667 bits per heavy atom. The molecule has 4 aliphatic carbocycles. The van der Waals surface area contributed by atoms with Gasteiger partial charge < -0.3 is 88.2 Å². The Hall–Kier alpha value is -1.31. The summed E-state index contributed by atoms with van der Waals surface area (Å²) in [6.45, 7) is 12.1. The van der Waals surface area contributed by atoms with E-state index in [0.29, 0.717) is 19.3 Å². The number of Topliss-reactive ketones (excluding diaryl/α,β-unsaturated/α-hetero) is 1. The number of aliphatic hydroxyl groups excluding tert-OH is 6. The van der Waals surface area contributed by atoms with Crippen LogP contribution in [0.2, 0.25) is 0 Å². The van der Waals surface area contributed by atoms with E-state index in [0.717, 1.165) is 5.57 Å². The maximum absolute atomic E-state index is 12.7. The summed E-state index contributed by atoms with van der Waals surface area (Å²) in [6, 6.07) is 0. The molecule has 8 N–H and O–H groups in total. The quantitative estimate of drug-likeness (QED) is 0.131. The lowest BCUT2D eigenvalue weighted by Crippen LogP contribution is -2.78. The summed E-state index contributed by atoms with van der Waals surface area (Å²) in [4.78, 5) is 12.7. The third-order valence-corrected chi connectivity index (χ3v) is 17.5. The number of aliphatic hydroxyl groups is 8. The van der Waals surface area contributed by atoms with E-state index in [1.54, 1.807) is 27.9 Å². The lowest BCUT2D eigenvalue weighted by Gasteiger charge is -2.66. The topological polar surface area (TPSA) is 271 Å². The average Bonchev–Trinajstić information content (AvgIpc) is 3.48. The summed E-state index contributed by atoms with van der Waals surface area (Å²) in [7, 11) is 2.94. The molecule has 26 unspecified atom stereocenters. The number of rotatable bonds is 11. The first-order valence-corrected chi connectivity index (χ1v) is 24.0. The summed E-state index contributed by atoms with van der Waals surface area (Å²) >= 11 is 0. The summed E-state index contributed by atoms with van der Waals surface area (Å²) < 4.78 is 60.9. The summed E-state index contributed by atoms with van der Waals surface area (Å²) in [5.74, 6) is -1.60. The van der Waals surface area contributed by atoms with E-state index in [-0.39, 0.29) is 50.4 Å². The molecule has 26 atom stereocenters. The number of hydrogen-bond donors (Lipinski definition) is 8. The maximum Gasteiger partial charge on any atom is 0.187 e. The van der Waals surface area contributed by atoms with Crippen molar-refractivity contribution in [2.45, 2.75) is 240 Å². The second kappa shape index (κ2) is 19.0. The molecule has 4 heterocycles. The van der Waals surface area contributed by atoms with Crippen molar-refractivity contribution < 1.29 is 93.0 Å². The highest BCUT2D eigenvalue weighted by Gasteiger charge is 2.79. The van der Waals surface area contributed by atoms with Gasteiger partial charge in [-0.25, -0.2) is 0 Å². The number of hydrogen-bond acceptors (Lipinski definition) is 19. The molecule has 7 fully saturated rings. The Kier molecular flexibility index (Phi) is 14.7. The van der Waals surface area contributed by atoms with Crippen LogP contribution in [0.4, 0.5) is 0 Å². The van der Waals surface area contributed by atoms with Gasteiger partial charge in [0.25, 0.3) is 0 Å². The number of fused-ring (bicyclic) bond motifs is 5. The van der Waals surface area contributed by atoms with Crippen molar-refractivity contribution in [1.29, 1.82) is 0 Å². The molecule has 8 aliphatic rings. The van der Waals surface area contributed by atoms with Crippen molar-refractivity contribution in [1.82, 2.24) is 0 Å². The normalized spacial score (nSPS) is 55.3. The fourth-order valence-corrected chi connectivity index (χ4v) is 13.7. The van der Waals surface area contributed by atoms with E-state index >= 15 is 0 Å². The molecule has 0 aromatic rings. The largest absolute Gasteiger partial charge is 0.392 e. The first-order chi connectivity index (χ1) is 31.0. The van der Waals surface area contributed by atoms with Crippen molar-refractivity contribution in [2.24, 2.45) is 22.7 Å². The lowest BCUT2D eigenvalue weighted by atomic mass is 9.42. The van der Waals surface area contributed by atoms with Gasteiger partial charge >= 0.3 is 0 Å². The Labute approximate surface area is 386 Å². The molecule has 3 saturated carbocycles. The second-order valence-electron chi connectivity index (χ2n) is 21.2. The van der Waals surface area contributed by atoms with Crippen LogP contribution in [0.25, 0.3) is 0 Å². The van der Waals surface area contributed by atoms with Gasteiger partial charge in [-0.15, -0.1) is 0 Å². The third-order valence-electron chi connectivity index (χ3n) is 17.5. The van der Waals surface area contributed by atoms with Crippen LogP contribution >= 0.6 is 0 Å². The zero-order chi connectivity index (χ0) is 48.0. The SMILES string of the molecule is COC1CC(OC2C(O)CC(OC3CCC4(C)C(=CCC5(O)C4CC(O)C4(C)C(C(C)=O)CC(O)C54O)C3)OC2C)OC(C)C1OC1CC(O)C(OC2OC(C)C(O)C(OC)C2O)C(C)O1. The fourth-order valence-electron chi connectivity index (χ4n) is 13.7. The Balaban J connectivity index is 0.832. The monoisotopic (exact) mass is 944 g/mol. The van der Waals surface area contributed by atoms with Crippen molar-refractivity contribution in [3.63, 3.8) is 0 Å². The van der Waals surface area contributed by atoms with Crippen molar-refractivity contribution in [3.8, 4) is 0 Å². The summed E-state index contributed by atoms with van der Waals surface area (Å²) in [5, 5.41) is 91.6. The minimum atomic E-state index is -2.09. The molecule has 66 heavy (non-hydrogen) atoms. The molecule has 0 aromatic carbocycles. The van der Waals surface area contributed by atoms with Gasteiger partial charge in [-0.3, -0.25) is 4.79 Å². The summed E-state index contributed by atoms with van der Waals surface area (Å²) in [5.41, 5.74) is -4.84. The van der Waals surface area contributed by atoms with Crippen LogP contribution in [0, 0.1) is 22.7 Å². The molecule has 0 bridgehead atoms. The van der Waals surface area contributed by atoms with Crippen molar-refractivity contribution in [3.05, 3.63) is 11.6 Å². The first kappa shape index (κ1) is 51.1. The highest BCUT2D eigenvalue weighted by atomic mass is 16.8. The number of methoxy groups -OCH3 is 2. The lowest BCUT2D eigenvalue weighted by molar-refractivity contribution is -0.354. The molecular weight excluding hydrogens is 868 g/mol. The minimum Gasteiger partial charge on any atom is -0.392 e. The molecule has 378 valence electrons. The Morgan fingerprint density at radius 2 is 1.24 bits per heavy atom. The van der Waals surface area contributed by atoms with Crippen LogP contribution in [-0.2, 0) is 52.2 Å². The van der Waals surface area contributed by atoms with Crippen LogP contribution in [-0.4, -0.2) is 195 Å². The van der Waals surface area contributed by atoms with Crippen LogP contribution < -0.4 is 0 Å². The average molecular weight is 945 g/mol. The van der Waals surface area contributed by atoms with Crippen LogP contribution in [0.15, 0.2) is 11.6 Å². The highest BCUT2D eigenvalue weighted by molar-refractivity contribution is 5.80. The molecule has 4 saturated heterocycles. The fraction of sp³-hybridized carbons (Fsp3) is 0.936. The van der Waals surface area contributed by atoms with Crippen molar-refractivity contribution in [2.75, 3.05) is 14.2 Å². The minimum absolute atomic E-state index is 0.0256. The van der Waals surface area contributed by atoms with E-state index in [1.807, 2.05) is 26.8 Å². The van der Waals surface area contributed by atoms with Gasteiger partial charge in [-0.1, -0.05) is 25.5 Å². The van der Waals surface area contributed by atoms with E-state index in [4.69, 9.17) is 47.4 Å². The van der Waals surface area contributed by atoms with Gasteiger partial charge in [0, 0.05) is 50.7 Å². The van der Waals surface area contributed by atoms with Crippen molar-refractivity contribution >= 4 is 5.78 Å². The standard InChI is InChI=1S/C47H76O19/c1-20(48)27-15-33(52)47(56)45(27,7)32(51)19-31-44(6)12-11-26(14-25(44)10-13-46(31,47)55)63-34-16-28(49)39(22(3)59-34)64-36-18-30(57-8)41(24(5)61-36)65-35-17-29(50)40(23(4)60-35)66-43-38(54)42(58-9)37(53)21(2)62-43/h10,21-24,26-43,49-56H,11-19H2,1-9H3. The molecule has 0 aromatic heterocycles. The number of ether oxygens (including phenoxy) is 10. The number of carbonyl (C=O) groups is 1. The van der Waals surface area contributed by atoms with E-state index in [9.17, 15) is 45.6 Å². The molecule has 0 spiro atoms. The molecule has 0 amide bonds. The van der Waals surface area contributed by atoms with Gasteiger partial charge in [0.2, 0.25) is 0 Å². The zero-order valence-electron chi connectivity index (χ0n) is 39.7. The molecule has 4 aliphatic heterocycles. The summed E-state index contributed by atoms with van der Waals surface area (Å²) in [6.07, 6.45) is -12.6. The highest BCUT2D eigenvalue weighted by Crippen LogP contribution is 2.69.